The number of hydrogen-bond donors (Lipinski definition) is 1. The van der Waals surface area contributed by atoms with Crippen LogP contribution < -0.4 is 5.32 Å². The third-order valence-corrected chi connectivity index (χ3v) is 1.64. The Morgan fingerprint density at radius 3 is 2.69 bits per heavy atom. The number of halogens is 1. The summed E-state index contributed by atoms with van der Waals surface area (Å²) in [4.78, 5) is 0. The predicted octanol–water partition coefficient (Wildman–Crippen LogP) is 1.59. The predicted molar refractivity (Wildman–Crippen MR) is 57.0 cm³/mol. The summed E-state index contributed by atoms with van der Waals surface area (Å²) in [5.41, 5.74) is 1.25. The zero-order valence-corrected chi connectivity index (χ0v) is 9.27. The Morgan fingerprint density at radius 2 is 2.23 bits per heavy atom. The first-order valence-electron chi connectivity index (χ1n) is 4.36. The minimum absolute atomic E-state index is 0. The summed E-state index contributed by atoms with van der Waals surface area (Å²) in [5.74, 6) is 0.710. The minimum atomic E-state index is 0. The summed E-state index contributed by atoms with van der Waals surface area (Å²) in [7, 11) is 1.94. The zero-order chi connectivity index (χ0) is 8.97. The van der Waals surface area contributed by atoms with Crippen molar-refractivity contribution in [3.63, 3.8) is 0 Å². The van der Waals surface area contributed by atoms with E-state index in [9.17, 15) is 0 Å². The molecule has 0 bridgehead atoms. The van der Waals surface area contributed by atoms with Gasteiger partial charge < -0.3 is 5.32 Å². The molecule has 0 aliphatic carbocycles. The maximum absolute atomic E-state index is 4.09. The molecular formula is C9H18ClN3. The van der Waals surface area contributed by atoms with Gasteiger partial charge in [0.1, 0.15) is 0 Å². The molecule has 0 spiro atoms. The van der Waals surface area contributed by atoms with Gasteiger partial charge in [0.05, 0.1) is 6.20 Å². The number of nitrogens with one attached hydrogen (secondary N) is 1. The molecule has 0 aliphatic rings. The van der Waals surface area contributed by atoms with Gasteiger partial charge in [-0.2, -0.15) is 5.10 Å². The van der Waals surface area contributed by atoms with Gasteiger partial charge in [0.15, 0.2) is 0 Å². The lowest BCUT2D eigenvalue weighted by molar-refractivity contribution is 0.552. The Morgan fingerprint density at radius 1 is 1.54 bits per heavy atom. The number of nitrogens with zero attached hydrogens (tertiary/aromatic N) is 2. The summed E-state index contributed by atoms with van der Waals surface area (Å²) in [5, 5.41) is 7.45. The SMILES string of the molecule is CC(C)CNCc1cnn(C)c1.Cl. The van der Waals surface area contributed by atoms with E-state index in [2.05, 4.69) is 24.3 Å². The van der Waals surface area contributed by atoms with Crippen molar-refractivity contribution in [3.8, 4) is 0 Å². The van der Waals surface area contributed by atoms with Crippen LogP contribution in [0, 0.1) is 5.92 Å². The first kappa shape index (κ1) is 12.5. The highest BCUT2D eigenvalue weighted by molar-refractivity contribution is 5.85. The molecule has 0 amide bonds. The van der Waals surface area contributed by atoms with Crippen LogP contribution in [0.2, 0.25) is 0 Å². The summed E-state index contributed by atoms with van der Waals surface area (Å²) >= 11 is 0. The Labute approximate surface area is 85.9 Å². The lowest BCUT2D eigenvalue weighted by atomic mass is 10.2. The molecule has 4 heteroatoms. The standard InChI is InChI=1S/C9H17N3.ClH/c1-8(2)4-10-5-9-6-11-12(3)7-9;/h6-8,10H,4-5H2,1-3H3;1H. The van der Waals surface area contributed by atoms with E-state index in [1.165, 1.54) is 5.56 Å². The second-order valence-electron chi connectivity index (χ2n) is 3.55. The molecule has 0 saturated carbocycles. The third-order valence-electron chi connectivity index (χ3n) is 1.64. The molecular weight excluding hydrogens is 186 g/mol. The highest BCUT2D eigenvalue weighted by Gasteiger charge is 1.96. The zero-order valence-electron chi connectivity index (χ0n) is 8.45. The monoisotopic (exact) mass is 203 g/mol. The lowest BCUT2D eigenvalue weighted by Gasteiger charge is -2.04. The molecule has 0 unspecified atom stereocenters. The molecule has 1 rings (SSSR count). The van der Waals surface area contributed by atoms with E-state index < -0.39 is 0 Å². The fourth-order valence-electron chi connectivity index (χ4n) is 1.07. The van der Waals surface area contributed by atoms with Crippen LogP contribution >= 0.6 is 12.4 Å². The summed E-state index contributed by atoms with van der Waals surface area (Å²) < 4.78 is 1.83. The topological polar surface area (TPSA) is 29.9 Å². The summed E-state index contributed by atoms with van der Waals surface area (Å²) in [6.07, 6.45) is 3.93. The van der Waals surface area contributed by atoms with Crippen molar-refractivity contribution in [1.82, 2.24) is 15.1 Å². The largest absolute Gasteiger partial charge is 0.312 e. The molecule has 13 heavy (non-hydrogen) atoms. The Bertz CT molecular complexity index is 233. The molecule has 1 N–H and O–H groups in total. The fourth-order valence-corrected chi connectivity index (χ4v) is 1.07. The molecule has 0 aliphatic heterocycles. The average Bonchev–Trinajstić information content (AvgIpc) is 2.35. The van der Waals surface area contributed by atoms with Crippen LogP contribution in [0.15, 0.2) is 12.4 Å². The van der Waals surface area contributed by atoms with E-state index >= 15 is 0 Å². The van der Waals surface area contributed by atoms with E-state index in [1.54, 1.807) is 0 Å². The van der Waals surface area contributed by atoms with Crippen molar-refractivity contribution in [2.75, 3.05) is 6.54 Å². The first-order chi connectivity index (χ1) is 5.68. The average molecular weight is 204 g/mol. The summed E-state index contributed by atoms with van der Waals surface area (Å²) in [6.45, 7) is 6.40. The molecule has 0 fully saturated rings. The number of rotatable bonds is 4. The van der Waals surface area contributed by atoms with Crippen LogP contribution in [0.25, 0.3) is 0 Å². The first-order valence-corrected chi connectivity index (χ1v) is 4.36. The second-order valence-corrected chi connectivity index (χ2v) is 3.55. The number of aryl methyl sites for hydroxylation is 1. The van der Waals surface area contributed by atoms with Crippen LogP contribution in [0.5, 0.6) is 0 Å². The number of aromatic nitrogens is 2. The molecule has 1 heterocycles. The number of hydrogen-bond acceptors (Lipinski definition) is 2. The van der Waals surface area contributed by atoms with Gasteiger partial charge in [0, 0.05) is 25.4 Å². The van der Waals surface area contributed by atoms with Gasteiger partial charge in [-0.25, -0.2) is 0 Å². The Kier molecular flexibility index (Phi) is 5.75. The molecule has 3 nitrogen and oxygen atoms in total. The van der Waals surface area contributed by atoms with Crippen molar-refractivity contribution >= 4 is 12.4 Å². The van der Waals surface area contributed by atoms with Gasteiger partial charge in [-0.05, 0) is 12.5 Å². The van der Waals surface area contributed by atoms with Crippen LogP contribution in [-0.2, 0) is 13.6 Å². The Balaban J connectivity index is 0.00000144. The molecule has 76 valence electrons. The van der Waals surface area contributed by atoms with E-state index in [0.717, 1.165) is 13.1 Å². The van der Waals surface area contributed by atoms with E-state index in [4.69, 9.17) is 0 Å². The van der Waals surface area contributed by atoms with Crippen molar-refractivity contribution in [2.45, 2.75) is 20.4 Å². The van der Waals surface area contributed by atoms with Crippen LogP contribution in [0.3, 0.4) is 0 Å². The van der Waals surface area contributed by atoms with Crippen LogP contribution in [0.1, 0.15) is 19.4 Å². The maximum Gasteiger partial charge on any atom is 0.0534 e. The van der Waals surface area contributed by atoms with Gasteiger partial charge >= 0.3 is 0 Å². The van der Waals surface area contributed by atoms with Gasteiger partial charge in [0.25, 0.3) is 0 Å². The van der Waals surface area contributed by atoms with Crippen molar-refractivity contribution in [2.24, 2.45) is 13.0 Å². The van der Waals surface area contributed by atoms with Gasteiger partial charge in [0.2, 0.25) is 0 Å². The quantitative estimate of drug-likeness (QED) is 0.806. The third kappa shape index (κ3) is 4.90. The summed E-state index contributed by atoms with van der Waals surface area (Å²) in [6, 6.07) is 0. The van der Waals surface area contributed by atoms with Gasteiger partial charge in [-0.15, -0.1) is 12.4 Å². The van der Waals surface area contributed by atoms with E-state index in [0.29, 0.717) is 5.92 Å². The molecule has 0 aromatic carbocycles. The normalized spacial score (nSPS) is 10.2. The molecule has 0 atom stereocenters. The van der Waals surface area contributed by atoms with Crippen molar-refractivity contribution < 1.29 is 0 Å². The minimum Gasteiger partial charge on any atom is -0.312 e. The highest BCUT2D eigenvalue weighted by atomic mass is 35.5. The van der Waals surface area contributed by atoms with Crippen LogP contribution in [-0.4, -0.2) is 16.3 Å². The molecule has 1 aromatic rings. The van der Waals surface area contributed by atoms with E-state index in [1.807, 2.05) is 24.1 Å². The fraction of sp³-hybridized carbons (Fsp3) is 0.667. The van der Waals surface area contributed by atoms with Crippen molar-refractivity contribution in [1.29, 1.82) is 0 Å². The van der Waals surface area contributed by atoms with E-state index in [-0.39, 0.29) is 12.4 Å². The smallest absolute Gasteiger partial charge is 0.0534 e. The maximum atomic E-state index is 4.09. The van der Waals surface area contributed by atoms with Gasteiger partial charge in [-0.1, -0.05) is 13.8 Å². The van der Waals surface area contributed by atoms with Gasteiger partial charge in [-0.3, -0.25) is 4.68 Å². The molecule has 1 aromatic heterocycles. The highest BCUT2D eigenvalue weighted by Crippen LogP contribution is 1.95. The molecule has 0 saturated heterocycles. The Hall–Kier alpha value is -0.540. The van der Waals surface area contributed by atoms with Crippen LogP contribution in [0.4, 0.5) is 0 Å². The molecule has 0 radical (unpaired) electrons. The van der Waals surface area contributed by atoms with Crippen molar-refractivity contribution in [3.05, 3.63) is 18.0 Å². The second kappa shape index (κ2) is 6.00. The lowest BCUT2D eigenvalue weighted by Crippen LogP contribution is -2.18.